The van der Waals surface area contributed by atoms with Crippen LogP contribution in [-0.4, -0.2) is 29.7 Å². The van der Waals surface area contributed by atoms with Crippen molar-refractivity contribution in [3.8, 4) is 0 Å². The molecule has 0 saturated carbocycles. The molecule has 0 saturated heterocycles. The maximum Gasteiger partial charge on any atom is 0.305 e. The quantitative estimate of drug-likeness (QED) is 0.135. The smallest absolute Gasteiger partial charge is 0.305 e. The van der Waals surface area contributed by atoms with E-state index in [0.717, 1.165) is 12.8 Å². The summed E-state index contributed by atoms with van der Waals surface area (Å²) in [5.74, 6) is -0.137. The average Bonchev–Trinajstić information content (AvgIpc) is 2.62. The topological polar surface area (TPSA) is 46.5 Å². The van der Waals surface area contributed by atoms with Crippen LogP contribution in [0.4, 0.5) is 0 Å². The summed E-state index contributed by atoms with van der Waals surface area (Å²) in [5.41, 5.74) is 0. The first-order valence-corrected chi connectivity index (χ1v) is 10.8. The summed E-state index contributed by atoms with van der Waals surface area (Å²) in [6.45, 7) is 2.26. The molecule has 0 amide bonds. The Morgan fingerprint density at radius 1 is 0.920 bits per heavy atom. The van der Waals surface area contributed by atoms with Crippen LogP contribution in [0.2, 0.25) is 0 Å². The molecule has 0 radical (unpaired) electrons. The highest BCUT2D eigenvalue weighted by Gasteiger charge is 2.07. The van der Waals surface area contributed by atoms with Crippen molar-refractivity contribution >= 4 is 17.6 Å². The zero-order valence-corrected chi connectivity index (χ0v) is 16.9. The molecular weight excluding hydrogens is 336 g/mol. The van der Waals surface area contributed by atoms with Gasteiger partial charge in [-0.1, -0.05) is 70.4 Å². The van der Waals surface area contributed by atoms with Gasteiger partial charge in [0, 0.05) is 6.42 Å². The molecule has 1 atom stereocenters. The third kappa shape index (κ3) is 19.6. The molecule has 0 aliphatic heterocycles. The highest BCUT2D eigenvalue weighted by Crippen LogP contribution is 2.10. The lowest BCUT2D eigenvalue weighted by atomic mass is 10.1. The fourth-order valence-electron chi connectivity index (χ4n) is 2.65. The van der Waals surface area contributed by atoms with Gasteiger partial charge >= 0.3 is 5.97 Å². The van der Waals surface area contributed by atoms with Crippen molar-refractivity contribution in [1.82, 2.24) is 0 Å². The molecule has 1 N–H and O–H groups in total. The van der Waals surface area contributed by atoms with Crippen LogP contribution in [0.25, 0.3) is 0 Å². The van der Waals surface area contributed by atoms with E-state index in [4.69, 9.17) is 16.3 Å². The minimum Gasteiger partial charge on any atom is -0.463 e. The second-order valence-corrected chi connectivity index (χ2v) is 7.13. The molecule has 0 unspecified atom stereocenters. The highest BCUT2D eigenvalue weighted by atomic mass is 35.5. The number of rotatable bonds is 18. The lowest BCUT2D eigenvalue weighted by Gasteiger charge is -2.07. The van der Waals surface area contributed by atoms with Crippen LogP contribution in [0.15, 0.2) is 12.2 Å². The van der Waals surface area contributed by atoms with Crippen LogP contribution in [0.1, 0.15) is 96.8 Å². The summed E-state index contributed by atoms with van der Waals surface area (Å²) in [7, 11) is 0. The van der Waals surface area contributed by atoms with E-state index >= 15 is 0 Å². The molecule has 0 bridgehead atoms. The van der Waals surface area contributed by atoms with Crippen LogP contribution in [0.3, 0.4) is 0 Å². The third-order valence-corrected chi connectivity index (χ3v) is 4.61. The number of unbranched alkanes of at least 4 members (excludes halogenated alkanes) is 11. The molecule has 25 heavy (non-hydrogen) atoms. The van der Waals surface area contributed by atoms with Gasteiger partial charge in [-0.25, -0.2) is 0 Å². The number of carbonyl (C=O) groups is 1. The number of carbonyl (C=O) groups excluding carboxylic acids is 1. The maximum absolute atomic E-state index is 11.4. The normalized spacial score (nSPS) is 12.6. The molecule has 0 aliphatic rings. The number of ether oxygens (including phenoxy) is 1. The molecule has 0 fully saturated rings. The largest absolute Gasteiger partial charge is 0.463 e. The fourth-order valence-corrected chi connectivity index (χ4v) is 2.74. The monoisotopic (exact) mass is 374 g/mol. The number of hydrogen-bond donors (Lipinski definition) is 1. The van der Waals surface area contributed by atoms with E-state index in [2.05, 4.69) is 19.1 Å². The Bertz CT molecular complexity index is 318. The van der Waals surface area contributed by atoms with Crippen molar-refractivity contribution in [1.29, 1.82) is 0 Å². The first kappa shape index (κ1) is 24.5. The number of allylic oxidation sites excluding steroid dienone is 2. The van der Waals surface area contributed by atoms with Gasteiger partial charge in [-0.15, -0.1) is 11.6 Å². The summed E-state index contributed by atoms with van der Waals surface area (Å²) < 4.78 is 4.93. The first-order valence-electron chi connectivity index (χ1n) is 10.2. The van der Waals surface area contributed by atoms with E-state index in [0.29, 0.717) is 6.42 Å². The zero-order chi connectivity index (χ0) is 18.6. The van der Waals surface area contributed by atoms with Crippen LogP contribution >= 0.6 is 11.6 Å². The standard InChI is InChI=1S/C21H39ClO3/c1-2-3-4-5-6-7-8-9-10-11-12-13-14-15-16-17-21(24)25-19-20(23)18-22/h9-10,20,23H,2-8,11-19H2,1H3/b10-9-/t20-/m0/s1. The predicted molar refractivity (Wildman–Crippen MR) is 107 cm³/mol. The number of aliphatic hydroxyl groups excluding tert-OH is 1. The van der Waals surface area contributed by atoms with Gasteiger partial charge in [0.15, 0.2) is 0 Å². The van der Waals surface area contributed by atoms with Crippen LogP contribution in [0, 0.1) is 0 Å². The van der Waals surface area contributed by atoms with E-state index in [-0.39, 0.29) is 18.5 Å². The Morgan fingerprint density at radius 3 is 2.00 bits per heavy atom. The molecule has 0 aromatic heterocycles. The average molecular weight is 375 g/mol. The molecule has 0 aromatic carbocycles. The van der Waals surface area contributed by atoms with Gasteiger partial charge in [0.25, 0.3) is 0 Å². The van der Waals surface area contributed by atoms with Crippen LogP contribution in [-0.2, 0) is 9.53 Å². The number of esters is 1. The molecule has 0 rings (SSSR count). The third-order valence-electron chi connectivity index (χ3n) is 4.26. The molecule has 0 aliphatic carbocycles. The van der Waals surface area contributed by atoms with E-state index < -0.39 is 6.10 Å². The summed E-state index contributed by atoms with van der Waals surface area (Å²) >= 11 is 5.44. The molecule has 0 aromatic rings. The summed E-state index contributed by atoms with van der Waals surface area (Å²) in [6, 6.07) is 0. The lowest BCUT2D eigenvalue weighted by Crippen LogP contribution is -2.19. The van der Waals surface area contributed by atoms with E-state index in [1.165, 1.54) is 70.6 Å². The Morgan fingerprint density at radius 2 is 1.44 bits per heavy atom. The predicted octanol–water partition coefficient (Wildman–Crippen LogP) is 6.17. The van der Waals surface area contributed by atoms with Gasteiger partial charge in [0.05, 0.1) is 5.88 Å². The van der Waals surface area contributed by atoms with Gasteiger partial charge in [-0.05, 0) is 32.1 Å². The molecule has 148 valence electrons. The van der Waals surface area contributed by atoms with E-state index in [9.17, 15) is 9.90 Å². The maximum atomic E-state index is 11.4. The Labute approximate surface area is 160 Å². The van der Waals surface area contributed by atoms with E-state index in [1.807, 2.05) is 0 Å². The molecule has 3 nitrogen and oxygen atoms in total. The van der Waals surface area contributed by atoms with Crippen molar-refractivity contribution in [3.63, 3.8) is 0 Å². The van der Waals surface area contributed by atoms with Gasteiger partial charge in [-0.2, -0.15) is 0 Å². The summed E-state index contributed by atoms with van der Waals surface area (Å²) in [4.78, 5) is 11.4. The first-order chi connectivity index (χ1) is 12.2. The second kappa shape index (κ2) is 19.8. The minimum absolute atomic E-state index is 0.00735. The van der Waals surface area contributed by atoms with Crippen molar-refractivity contribution in [2.75, 3.05) is 12.5 Å². The highest BCUT2D eigenvalue weighted by molar-refractivity contribution is 6.18. The van der Waals surface area contributed by atoms with Gasteiger partial charge < -0.3 is 9.84 Å². The van der Waals surface area contributed by atoms with Crippen LogP contribution < -0.4 is 0 Å². The Balaban J connectivity index is 3.22. The lowest BCUT2D eigenvalue weighted by molar-refractivity contribution is -0.146. The SMILES string of the molecule is CCCCCCCC/C=C\CCCCCCCC(=O)OC[C@@H](O)CCl. The summed E-state index contributed by atoms with van der Waals surface area (Å²) in [6.07, 6.45) is 20.5. The van der Waals surface area contributed by atoms with Crippen molar-refractivity contribution in [2.24, 2.45) is 0 Å². The second-order valence-electron chi connectivity index (χ2n) is 6.83. The number of hydrogen-bond acceptors (Lipinski definition) is 3. The minimum atomic E-state index is -0.750. The Hall–Kier alpha value is -0.540. The molecule has 4 heteroatoms. The molecule has 0 spiro atoms. The number of alkyl halides is 1. The van der Waals surface area contributed by atoms with Crippen LogP contribution in [0.5, 0.6) is 0 Å². The van der Waals surface area contributed by atoms with Crippen molar-refractivity contribution in [3.05, 3.63) is 12.2 Å². The van der Waals surface area contributed by atoms with Crippen molar-refractivity contribution in [2.45, 2.75) is 103 Å². The van der Waals surface area contributed by atoms with Crippen molar-refractivity contribution < 1.29 is 14.6 Å². The van der Waals surface area contributed by atoms with E-state index in [1.54, 1.807) is 0 Å². The summed E-state index contributed by atoms with van der Waals surface area (Å²) in [5, 5.41) is 9.20. The van der Waals surface area contributed by atoms with Gasteiger partial charge in [-0.3, -0.25) is 4.79 Å². The number of halogens is 1. The molecule has 0 heterocycles. The molecular formula is C21H39ClO3. The number of aliphatic hydroxyl groups is 1. The fraction of sp³-hybridized carbons (Fsp3) is 0.857. The van der Waals surface area contributed by atoms with Gasteiger partial charge in [0.1, 0.15) is 12.7 Å². The zero-order valence-electron chi connectivity index (χ0n) is 16.2. The van der Waals surface area contributed by atoms with Gasteiger partial charge in [0.2, 0.25) is 0 Å². The Kier molecular flexibility index (Phi) is 19.4.